The molecule has 4 heteroatoms. The summed E-state index contributed by atoms with van der Waals surface area (Å²) in [5, 5.41) is 8.83. The van der Waals surface area contributed by atoms with Gasteiger partial charge in [-0.1, -0.05) is 12.1 Å². The van der Waals surface area contributed by atoms with E-state index in [0.29, 0.717) is 5.56 Å². The van der Waals surface area contributed by atoms with Gasteiger partial charge in [0.1, 0.15) is 6.07 Å². The van der Waals surface area contributed by atoms with Gasteiger partial charge >= 0.3 is 0 Å². The molecule has 0 aliphatic rings. The van der Waals surface area contributed by atoms with Crippen LogP contribution in [0.25, 0.3) is 0 Å². The lowest BCUT2D eigenvalue weighted by atomic mass is 10.2. The van der Waals surface area contributed by atoms with E-state index in [0.717, 1.165) is 0 Å². The van der Waals surface area contributed by atoms with E-state index in [9.17, 15) is 4.39 Å². The van der Waals surface area contributed by atoms with Crippen LogP contribution in [0.5, 0.6) is 11.5 Å². The summed E-state index contributed by atoms with van der Waals surface area (Å²) in [5.41, 5.74) is 0.623. The average Bonchev–Trinajstić information content (AvgIpc) is 2.35. The Morgan fingerprint density at radius 3 is 2.76 bits per heavy atom. The van der Waals surface area contributed by atoms with Crippen molar-refractivity contribution in [3.63, 3.8) is 0 Å². The highest BCUT2D eigenvalue weighted by molar-refractivity contribution is 5.41. The van der Waals surface area contributed by atoms with E-state index in [4.69, 9.17) is 10.00 Å². The second-order valence-corrected chi connectivity index (χ2v) is 3.45. The summed E-state index contributed by atoms with van der Waals surface area (Å²) in [5.74, 6) is -0.0887. The van der Waals surface area contributed by atoms with Gasteiger partial charge in [-0.2, -0.15) is 5.26 Å². The summed E-state index contributed by atoms with van der Waals surface area (Å²) < 4.78 is 19.0. The molecule has 0 atom stereocenters. The molecule has 1 aromatic heterocycles. The first-order valence-electron chi connectivity index (χ1n) is 5.00. The van der Waals surface area contributed by atoms with Gasteiger partial charge in [-0.25, -0.2) is 9.37 Å². The molecule has 0 radical (unpaired) electrons. The van der Waals surface area contributed by atoms with Crippen molar-refractivity contribution in [2.75, 3.05) is 0 Å². The van der Waals surface area contributed by atoms with Crippen molar-refractivity contribution in [2.45, 2.75) is 6.92 Å². The van der Waals surface area contributed by atoms with Gasteiger partial charge in [0, 0.05) is 6.20 Å². The molecule has 0 aliphatic heterocycles. The molecule has 1 heterocycles. The van der Waals surface area contributed by atoms with Gasteiger partial charge < -0.3 is 4.74 Å². The number of nitriles is 1. The fourth-order valence-corrected chi connectivity index (χ4v) is 1.37. The van der Waals surface area contributed by atoms with E-state index in [1.165, 1.54) is 12.3 Å². The number of hydrogen-bond acceptors (Lipinski definition) is 3. The molecular formula is C13H9FN2O. The number of hydrogen-bond donors (Lipinski definition) is 0. The summed E-state index contributed by atoms with van der Waals surface area (Å²) in [6.45, 7) is 1.65. The Bertz CT molecular complexity index is 590. The lowest BCUT2D eigenvalue weighted by Gasteiger charge is -2.08. The fourth-order valence-electron chi connectivity index (χ4n) is 1.37. The van der Waals surface area contributed by atoms with Crippen LogP contribution in [0, 0.1) is 24.1 Å². The predicted molar refractivity (Wildman–Crippen MR) is 60.2 cm³/mol. The Morgan fingerprint density at radius 1 is 1.24 bits per heavy atom. The topological polar surface area (TPSA) is 45.9 Å². The third-order valence-electron chi connectivity index (χ3n) is 2.25. The molecule has 17 heavy (non-hydrogen) atoms. The zero-order chi connectivity index (χ0) is 12.3. The molecule has 1 aromatic carbocycles. The molecule has 2 aromatic rings. The maximum Gasteiger partial charge on any atom is 0.183 e. The SMILES string of the molecule is Cc1cccc(Oc2cccnc2C#N)c1F. The second kappa shape index (κ2) is 4.62. The number of aromatic nitrogens is 1. The molecule has 3 nitrogen and oxygen atoms in total. The van der Waals surface area contributed by atoms with Crippen LogP contribution < -0.4 is 4.74 Å². The third-order valence-corrected chi connectivity index (χ3v) is 2.25. The standard InChI is InChI=1S/C13H9FN2O/c1-9-4-2-5-12(13(9)14)17-11-6-3-7-16-10(11)8-15/h2-7H,1H3. The normalized spacial score (nSPS) is 9.71. The third kappa shape index (κ3) is 2.23. The molecule has 0 saturated heterocycles. The largest absolute Gasteiger partial charge is 0.451 e. The van der Waals surface area contributed by atoms with Crippen molar-refractivity contribution in [3.05, 3.63) is 53.6 Å². The summed E-state index contributed by atoms with van der Waals surface area (Å²) in [6.07, 6.45) is 1.48. The monoisotopic (exact) mass is 228 g/mol. The molecule has 0 spiro atoms. The Morgan fingerprint density at radius 2 is 2.00 bits per heavy atom. The van der Waals surface area contributed by atoms with Crippen molar-refractivity contribution < 1.29 is 9.13 Å². The lowest BCUT2D eigenvalue weighted by Crippen LogP contribution is -1.94. The second-order valence-electron chi connectivity index (χ2n) is 3.45. The maximum atomic E-state index is 13.7. The highest BCUT2D eigenvalue weighted by Crippen LogP contribution is 2.27. The van der Waals surface area contributed by atoms with E-state index >= 15 is 0 Å². The number of benzene rings is 1. The summed E-state index contributed by atoms with van der Waals surface area (Å²) >= 11 is 0. The van der Waals surface area contributed by atoms with Gasteiger partial charge in [-0.05, 0) is 30.7 Å². The average molecular weight is 228 g/mol. The predicted octanol–water partition coefficient (Wildman–Crippen LogP) is 3.19. The first-order chi connectivity index (χ1) is 8.22. The molecule has 0 aliphatic carbocycles. The molecule has 0 unspecified atom stereocenters. The Balaban J connectivity index is 2.39. The quantitative estimate of drug-likeness (QED) is 0.792. The first-order valence-corrected chi connectivity index (χ1v) is 5.00. The van der Waals surface area contributed by atoms with Crippen LogP contribution in [0.1, 0.15) is 11.3 Å². The van der Waals surface area contributed by atoms with Crippen molar-refractivity contribution >= 4 is 0 Å². The Kier molecular flexibility index (Phi) is 3.01. The molecular weight excluding hydrogens is 219 g/mol. The molecule has 0 saturated carbocycles. The highest BCUT2D eigenvalue weighted by atomic mass is 19.1. The van der Waals surface area contributed by atoms with Crippen LogP contribution in [0.15, 0.2) is 36.5 Å². The number of aryl methyl sites for hydroxylation is 1. The number of rotatable bonds is 2. The minimum Gasteiger partial charge on any atom is -0.451 e. The molecule has 2 rings (SSSR count). The Hall–Kier alpha value is -2.41. The minimum atomic E-state index is -0.430. The smallest absolute Gasteiger partial charge is 0.183 e. The van der Waals surface area contributed by atoms with Crippen molar-refractivity contribution in [1.29, 1.82) is 5.26 Å². The van der Waals surface area contributed by atoms with Gasteiger partial charge in [-0.15, -0.1) is 0 Å². The van der Waals surface area contributed by atoms with E-state index in [-0.39, 0.29) is 17.2 Å². The van der Waals surface area contributed by atoms with Crippen LogP contribution in [0.2, 0.25) is 0 Å². The van der Waals surface area contributed by atoms with Crippen LogP contribution >= 0.6 is 0 Å². The first kappa shape index (κ1) is 11.1. The van der Waals surface area contributed by atoms with E-state index in [2.05, 4.69) is 4.98 Å². The van der Waals surface area contributed by atoms with Crippen molar-refractivity contribution in [2.24, 2.45) is 0 Å². The summed E-state index contributed by atoms with van der Waals surface area (Å²) in [6, 6.07) is 9.95. The molecule has 0 N–H and O–H groups in total. The van der Waals surface area contributed by atoms with Crippen LogP contribution in [-0.4, -0.2) is 4.98 Å². The lowest BCUT2D eigenvalue weighted by molar-refractivity contribution is 0.437. The van der Waals surface area contributed by atoms with Crippen molar-refractivity contribution in [3.8, 4) is 17.6 Å². The molecule has 0 fully saturated rings. The van der Waals surface area contributed by atoms with Gasteiger partial charge in [-0.3, -0.25) is 0 Å². The number of nitrogens with zero attached hydrogens (tertiary/aromatic N) is 2. The minimum absolute atomic E-state index is 0.0921. The van der Waals surface area contributed by atoms with E-state index in [1.807, 2.05) is 6.07 Å². The molecule has 0 bridgehead atoms. The van der Waals surface area contributed by atoms with Crippen LogP contribution in [0.4, 0.5) is 4.39 Å². The van der Waals surface area contributed by atoms with Crippen LogP contribution in [-0.2, 0) is 0 Å². The maximum absolute atomic E-state index is 13.7. The summed E-state index contributed by atoms with van der Waals surface area (Å²) in [7, 11) is 0. The molecule has 0 amide bonds. The van der Waals surface area contributed by atoms with Gasteiger partial charge in [0.2, 0.25) is 0 Å². The van der Waals surface area contributed by atoms with Gasteiger partial charge in [0.25, 0.3) is 0 Å². The van der Waals surface area contributed by atoms with Gasteiger partial charge in [0.15, 0.2) is 23.0 Å². The zero-order valence-corrected chi connectivity index (χ0v) is 9.14. The van der Waals surface area contributed by atoms with Crippen LogP contribution in [0.3, 0.4) is 0 Å². The highest BCUT2D eigenvalue weighted by Gasteiger charge is 2.10. The zero-order valence-electron chi connectivity index (χ0n) is 9.14. The summed E-state index contributed by atoms with van der Waals surface area (Å²) in [4.78, 5) is 3.84. The Labute approximate surface area is 98.1 Å². The van der Waals surface area contributed by atoms with Gasteiger partial charge in [0.05, 0.1) is 0 Å². The number of ether oxygens (including phenoxy) is 1. The fraction of sp³-hybridized carbons (Fsp3) is 0.0769. The number of halogens is 1. The molecule has 84 valence electrons. The van der Waals surface area contributed by atoms with E-state index in [1.54, 1.807) is 31.2 Å². The van der Waals surface area contributed by atoms with Crippen molar-refractivity contribution in [1.82, 2.24) is 4.98 Å². The number of pyridine rings is 1. The van der Waals surface area contributed by atoms with E-state index < -0.39 is 5.82 Å².